The molecule has 0 saturated heterocycles. The van der Waals surface area contributed by atoms with E-state index in [-0.39, 0.29) is 39.7 Å². The summed E-state index contributed by atoms with van der Waals surface area (Å²) in [7, 11) is 2.88. The van der Waals surface area contributed by atoms with Crippen LogP contribution in [0.5, 0.6) is 23.5 Å². The van der Waals surface area contributed by atoms with Gasteiger partial charge in [0, 0.05) is 0 Å². The number of amides is 2. The molecule has 10 heteroatoms. The van der Waals surface area contributed by atoms with Crippen LogP contribution >= 0.6 is 11.6 Å². The predicted molar refractivity (Wildman–Crippen MR) is 108 cm³/mol. The third-order valence-corrected chi connectivity index (χ3v) is 4.15. The van der Waals surface area contributed by atoms with Crippen molar-refractivity contribution in [3.63, 3.8) is 0 Å². The van der Waals surface area contributed by atoms with Crippen LogP contribution in [0, 0.1) is 0 Å². The Kier molecular flexibility index (Phi) is 6.66. The number of hydrogen-bond acceptors (Lipinski definition) is 7. The molecule has 9 nitrogen and oxygen atoms in total. The number of ether oxygens (including phenoxy) is 3. The molecule has 1 aromatic heterocycles. The molecule has 1 heterocycles. The Bertz CT molecular complexity index is 1050. The Morgan fingerprint density at radius 1 is 0.833 bits per heavy atom. The van der Waals surface area contributed by atoms with E-state index in [1.54, 1.807) is 36.4 Å². The molecule has 0 spiro atoms. The summed E-state index contributed by atoms with van der Waals surface area (Å²) in [6, 6.07) is 14.3. The molecule has 0 aliphatic rings. The van der Waals surface area contributed by atoms with Crippen LogP contribution < -0.4 is 25.1 Å². The molecular weight excluding hydrogens is 412 g/mol. The quantitative estimate of drug-likeness (QED) is 0.580. The Balaban J connectivity index is 1.76. The number of hydrogen-bond donors (Lipinski definition) is 2. The highest BCUT2D eigenvalue weighted by Gasteiger charge is 2.17. The van der Waals surface area contributed by atoms with Gasteiger partial charge in [-0.15, -0.1) is 0 Å². The van der Waals surface area contributed by atoms with Gasteiger partial charge in [0.1, 0.15) is 5.75 Å². The van der Waals surface area contributed by atoms with Crippen molar-refractivity contribution in [3.8, 4) is 23.5 Å². The number of carbonyl (C=O) groups excluding carboxylic acids is 2. The number of carbonyl (C=O) groups is 2. The lowest BCUT2D eigenvalue weighted by Gasteiger charge is -2.12. The zero-order chi connectivity index (χ0) is 21.5. The highest BCUT2D eigenvalue weighted by atomic mass is 35.5. The summed E-state index contributed by atoms with van der Waals surface area (Å²) in [5, 5.41) is 0.261. The van der Waals surface area contributed by atoms with Gasteiger partial charge in [-0.2, -0.15) is 9.97 Å². The van der Waals surface area contributed by atoms with Crippen molar-refractivity contribution in [3.05, 3.63) is 70.7 Å². The third-order valence-electron chi connectivity index (χ3n) is 3.82. The fourth-order valence-electron chi connectivity index (χ4n) is 2.37. The van der Waals surface area contributed by atoms with Gasteiger partial charge in [0.05, 0.1) is 36.4 Å². The first kappa shape index (κ1) is 20.9. The number of benzene rings is 2. The van der Waals surface area contributed by atoms with Crippen LogP contribution in [0.4, 0.5) is 0 Å². The van der Waals surface area contributed by atoms with Crippen LogP contribution in [-0.4, -0.2) is 36.0 Å². The van der Waals surface area contributed by atoms with Gasteiger partial charge in [-0.05, 0) is 24.3 Å². The van der Waals surface area contributed by atoms with E-state index < -0.39 is 11.8 Å². The van der Waals surface area contributed by atoms with Gasteiger partial charge in [-0.1, -0.05) is 35.9 Å². The number of aromatic nitrogens is 2. The van der Waals surface area contributed by atoms with Crippen LogP contribution in [0.15, 0.2) is 54.6 Å². The second-order valence-electron chi connectivity index (χ2n) is 5.72. The third kappa shape index (κ3) is 4.95. The first-order valence-electron chi connectivity index (χ1n) is 8.61. The first-order chi connectivity index (χ1) is 14.5. The first-order valence-corrected chi connectivity index (χ1v) is 8.98. The Morgan fingerprint density at radius 3 is 1.97 bits per heavy atom. The van der Waals surface area contributed by atoms with Crippen molar-refractivity contribution >= 4 is 23.4 Å². The summed E-state index contributed by atoms with van der Waals surface area (Å²) in [5.41, 5.74) is 5.01. The maximum absolute atomic E-state index is 12.6. The zero-order valence-electron chi connectivity index (χ0n) is 16.0. The molecule has 0 fully saturated rings. The monoisotopic (exact) mass is 428 g/mol. The summed E-state index contributed by atoms with van der Waals surface area (Å²) < 4.78 is 15.8. The van der Waals surface area contributed by atoms with Crippen molar-refractivity contribution in [2.75, 3.05) is 14.2 Å². The lowest BCUT2D eigenvalue weighted by molar-refractivity contribution is 0.0845. The Morgan fingerprint density at radius 2 is 1.37 bits per heavy atom. The smallest absolute Gasteiger partial charge is 0.328 e. The molecule has 30 heavy (non-hydrogen) atoms. The molecule has 3 aromatic rings. The van der Waals surface area contributed by atoms with E-state index in [0.29, 0.717) is 0 Å². The molecule has 2 aromatic carbocycles. The molecule has 0 unspecified atom stereocenters. The number of hydrazine groups is 1. The molecule has 0 saturated carbocycles. The van der Waals surface area contributed by atoms with Crippen molar-refractivity contribution in [2.24, 2.45) is 0 Å². The average molecular weight is 429 g/mol. The van der Waals surface area contributed by atoms with E-state index in [1.165, 1.54) is 32.4 Å². The second kappa shape index (κ2) is 9.57. The standard InChI is InChI=1S/C20H17ClN4O5/c1-28-16-11-17(29-2)23-20(22-16)30-15-10-6-4-8-13(15)19(27)25-24-18(26)12-7-3-5-9-14(12)21/h3-11H,1-2H3,(H,24,26)(H,25,27). The highest BCUT2D eigenvalue weighted by Crippen LogP contribution is 2.26. The fraction of sp³-hybridized carbons (Fsp3) is 0.100. The normalized spacial score (nSPS) is 10.1. The van der Waals surface area contributed by atoms with E-state index in [2.05, 4.69) is 20.8 Å². The predicted octanol–water partition coefficient (Wildman–Crippen LogP) is 3.01. The number of halogens is 1. The van der Waals surface area contributed by atoms with Gasteiger partial charge in [-0.25, -0.2) is 0 Å². The lowest BCUT2D eigenvalue weighted by atomic mass is 10.2. The molecular formula is C20H17ClN4O5. The van der Waals surface area contributed by atoms with Crippen LogP contribution in [0.1, 0.15) is 20.7 Å². The highest BCUT2D eigenvalue weighted by molar-refractivity contribution is 6.33. The van der Waals surface area contributed by atoms with Gasteiger partial charge < -0.3 is 14.2 Å². The number of rotatable bonds is 6. The topological polar surface area (TPSA) is 112 Å². The zero-order valence-corrected chi connectivity index (χ0v) is 16.8. The molecule has 154 valence electrons. The number of para-hydroxylation sites is 1. The van der Waals surface area contributed by atoms with Crippen molar-refractivity contribution in [1.29, 1.82) is 0 Å². The van der Waals surface area contributed by atoms with Gasteiger partial charge in [0.25, 0.3) is 11.8 Å². The minimum atomic E-state index is -0.610. The van der Waals surface area contributed by atoms with Gasteiger partial charge in [-0.3, -0.25) is 20.4 Å². The van der Waals surface area contributed by atoms with Crippen molar-refractivity contribution in [1.82, 2.24) is 20.8 Å². The summed E-state index contributed by atoms with van der Waals surface area (Å²) in [4.78, 5) is 33.0. The largest absolute Gasteiger partial charge is 0.481 e. The summed E-state index contributed by atoms with van der Waals surface area (Å²) >= 11 is 5.99. The Hall–Kier alpha value is -3.85. The maximum atomic E-state index is 12.6. The van der Waals surface area contributed by atoms with E-state index in [0.717, 1.165) is 0 Å². The van der Waals surface area contributed by atoms with Crippen molar-refractivity contribution in [2.45, 2.75) is 0 Å². The summed E-state index contributed by atoms with van der Waals surface area (Å²) in [5.74, 6) is -0.553. The lowest BCUT2D eigenvalue weighted by Crippen LogP contribution is -2.41. The molecule has 0 bridgehead atoms. The number of methoxy groups -OCH3 is 2. The summed E-state index contributed by atoms with van der Waals surface area (Å²) in [6.45, 7) is 0. The minimum Gasteiger partial charge on any atom is -0.481 e. The van der Waals surface area contributed by atoms with Crippen LogP contribution in [0.2, 0.25) is 5.02 Å². The van der Waals surface area contributed by atoms with E-state index in [1.807, 2.05) is 0 Å². The number of nitrogens with zero attached hydrogens (tertiary/aromatic N) is 2. The molecule has 3 rings (SSSR count). The number of nitrogens with one attached hydrogen (secondary N) is 2. The average Bonchev–Trinajstić information content (AvgIpc) is 2.77. The van der Waals surface area contributed by atoms with Crippen LogP contribution in [-0.2, 0) is 0 Å². The fourth-order valence-corrected chi connectivity index (χ4v) is 2.60. The molecule has 2 N–H and O–H groups in total. The molecule has 0 aliphatic carbocycles. The molecule has 0 aliphatic heterocycles. The second-order valence-corrected chi connectivity index (χ2v) is 6.13. The molecule has 0 atom stereocenters. The van der Waals surface area contributed by atoms with Crippen LogP contribution in [0.3, 0.4) is 0 Å². The van der Waals surface area contributed by atoms with Gasteiger partial charge >= 0.3 is 6.01 Å². The van der Waals surface area contributed by atoms with Gasteiger partial charge in [0.2, 0.25) is 11.8 Å². The van der Waals surface area contributed by atoms with Crippen molar-refractivity contribution < 1.29 is 23.8 Å². The SMILES string of the molecule is COc1cc(OC)nc(Oc2ccccc2C(=O)NNC(=O)c2ccccc2Cl)n1. The van der Waals surface area contributed by atoms with E-state index in [9.17, 15) is 9.59 Å². The van der Waals surface area contributed by atoms with E-state index >= 15 is 0 Å². The Labute approximate surface area is 176 Å². The van der Waals surface area contributed by atoms with Crippen LogP contribution in [0.25, 0.3) is 0 Å². The van der Waals surface area contributed by atoms with E-state index in [4.69, 9.17) is 25.8 Å². The molecule has 2 amide bonds. The van der Waals surface area contributed by atoms with Gasteiger partial charge in [0.15, 0.2) is 0 Å². The minimum absolute atomic E-state index is 0.0773. The molecule has 0 radical (unpaired) electrons. The summed E-state index contributed by atoms with van der Waals surface area (Å²) in [6.07, 6.45) is 0. The maximum Gasteiger partial charge on any atom is 0.328 e.